The summed E-state index contributed by atoms with van der Waals surface area (Å²) in [7, 11) is 1.70. The molecule has 0 amide bonds. The molecule has 0 bridgehead atoms. The van der Waals surface area contributed by atoms with Crippen LogP contribution in [0.3, 0.4) is 0 Å². The molecule has 0 radical (unpaired) electrons. The summed E-state index contributed by atoms with van der Waals surface area (Å²) in [6, 6.07) is 8.06. The number of para-hydroxylation sites is 1. The number of rotatable bonds is 4. The number of hydrogen-bond donors (Lipinski definition) is 1. The van der Waals surface area contributed by atoms with Crippen molar-refractivity contribution >= 4 is 5.96 Å². The van der Waals surface area contributed by atoms with E-state index >= 15 is 0 Å². The van der Waals surface area contributed by atoms with Gasteiger partial charge >= 0.3 is 0 Å². The molecule has 19 heavy (non-hydrogen) atoms. The molecule has 0 spiro atoms. The first-order valence-electron chi connectivity index (χ1n) is 6.98. The molecule has 0 saturated carbocycles. The Bertz CT molecular complexity index is 425. The predicted octanol–water partition coefficient (Wildman–Crippen LogP) is 2.04. The highest BCUT2D eigenvalue weighted by Gasteiger charge is 2.11. The third-order valence-electron chi connectivity index (χ3n) is 3.53. The lowest BCUT2D eigenvalue weighted by atomic mass is 10.1. The van der Waals surface area contributed by atoms with Crippen molar-refractivity contribution in [3.05, 3.63) is 29.8 Å². The SMILES string of the molecule is COc1ccccc1CCN=C(N)N1CCCCC1. The largest absolute Gasteiger partial charge is 0.496 e. The second kappa shape index (κ2) is 7.02. The normalized spacial score (nSPS) is 16.5. The maximum atomic E-state index is 6.03. The van der Waals surface area contributed by atoms with Crippen LogP contribution in [0.5, 0.6) is 5.75 Å². The van der Waals surface area contributed by atoms with E-state index in [-0.39, 0.29) is 0 Å². The van der Waals surface area contributed by atoms with Crippen LogP contribution in [-0.2, 0) is 6.42 Å². The zero-order valence-electron chi connectivity index (χ0n) is 11.6. The quantitative estimate of drug-likeness (QED) is 0.666. The number of nitrogens with two attached hydrogens (primary N) is 1. The summed E-state index contributed by atoms with van der Waals surface area (Å²) < 4.78 is 5.33. The average Bonchev–Trinajstić information content (AvgIpc) is 2.48. The van der Waals surface area contributed by atoms with Gasteiger partial charge in [0.25, 0.3) is 0 Å². The van der Waals surface area contributed by atoms with Gasteiger partial charge in [0.05, 0.1) is 7.11 Å². The Kier molecular flexibility index (Phi) is 5.07. The van der Waals surface area contributed by atoms with Crippen molar-refractivity contribution in [1.29, 1.82) is 0 Å². The van der Waals surface area contributed by atoms with E-state index in [0.717, 1.165) is 25.3 Å². The summed E-state index contributed by atoms with van der Waals surface area (Å²) in [5.74, 6) is 1.61. The minimum atomic E-state index is 0.689. The van der Waals surface area contributed by atoms with Gasteiger partial charge in [-0.25, -0.2) is 0 Å². The Balaban J connectivity index is 1.87. The maximum Gasteiger partial charge on any atom is 0.191 e. The van der Waals surface area contributed by atoms with Crippen molar-refractivity contribution in [2.24, 2.45) is 10.7 Å². The van der Waals surface area contributed by atoms with Crippen LogP contribution in [-0.4, -0.2) is 37.6 Å². The minimum absolute atomic E-state index is 0.689. The number of aliphatic imine (C=N–C) groups is 1. The first kappa shape index (κ1) is 13.7. The van der Waals surface area contributed by atoms with Crippen molar-refractivity contribution in [2.75, 3.05) is 26.7 Å². The van der Waals surface area contributed by atoms with Crippen LogP contribution in [0.25, 0.3) is 0 Å². The van der Waals surface area contributed by atoms with Crippen molar-refractivity contribution < 1.29 is 4.74 Å². The Hall–Kier alpha value is -1.71. The number of guanidine groups is 1. The van der Waals surface area contributed by atoms with E-state index in [1.807, 2.05) is 18.2 Å². The summed E-state index contributed by atoms with van der Waals surface area (Å²) in [5, 5.41) is 0. The van der Waals surface area contributed by atoms with E-state index in [9.17, 15) is 0 Å². The molecule has 2 rings (SSSR count). The molecule has 1 heterocycles. The fraction of sp³-hybridized carbons (Fsp3) is 0.533. The van der Waals surface area contributed by atoms with Crippen LogP contribution in [0.2, 0.25) is 0 Å². The Morgan fingerprint density at radius 3 is 2.74 bits per heavy atom. The van der Waals surface area contributed by atoms with E-state index < -0.39 is 0 Å². The van der Waals surface area contributed by atoms with Gasteiger partial charge in [0, 0.05) is 19.6 Å². The highest BCUT2D eigenvalue weighted by molar-refractivity contribution is 5.78. The Morgan fingerprint density at radius 1 is 1.26 bits per heavy atom. The van der Waals surface area contributed by atoms with Gasteiger partial charge in [0.2, 0.25) is 0 Å². The van der Waals surface area contributed by atoms with Crippen LogP contribution in [0, 0.1) is 0 Å². The van der Waals surface area contributed by atoms with E-state index in [2.05, 4.69) is 16.0 Å². The molecule has 1 saturated heterocycles. The lowest BCUT2D eigenvalue weighted by Gasteiger charge is -2.27. The van der Waals surface area contributed by atoms with Gasteiger partial charge in [-0.05, 0) is 37.3 Å². The van der Waals surface area contributed by atoms with Crippen molar-refractivity contribution in [3.63, 3.8) is 0 Å². The van der Waals surface area contributed by atoms with E-state index in [4.69, 9.17) is 10.5 Å². The molecule has 0 atom stereocenters. The summed E-state index contributed by atoms with van der Waals surface area (Å²) in [6.45, 7) is 2.80. The smallest absolute Gasteiger partial charge is 0.191 e. The highest BCUT2D eigenvalue weighted by Crippen LogP contribution is 2.17. The molecule has 1 aliphatic rings. The predicted molar refractivity (Wildman–Crippen MR) is 78.6 cm³/mol. The standard InChI is InChI=1S/C15H23N3O/c1-19-14-8-4-3-7-13(14)9-10-17-15(16)18-11-5-2-6-12-18/h3-4,7-8H,2,5-6,9-12H2,1H3,(H2,16,17). The van der Waals surface area contributed by atoms with Gasteiger partial charge in [-0.1, -0.05) is 18.2 Å². The number of likely N-dealkylation sites (tertiary alicyclic amines) is 1. The zero-order valence-corrected chi connectivity index (χ0v) is 11.6. The lowest BCUT2D eigenvalue weighted by Crippen LogP contribution is -2.41. The fourth-order valence-electron chi connectivity index (χ4n) is 2.42. The average molecular weight is 261 g/mol. The van der Waals surface area contributed by atoms with Gasteiger partial charge in [0.15, 0.2) is 5.96 Å². The van der Waals surface area contributed by atoms with Gasteiger partial charge in [-0.15, -0.1) is 0 Å². The van der Waals surface area contributed by atoms with Crippen LogP contribution in [0.15, 0.2) is 29.3 Å². The third-order valence-corrected chi connectivity index (χ3v) is 3.53. The summed E-state index contributed by atoms with van der Waals surface area (Å²) in [5.41, 5.74) is 7.21. The molecule has 1 aliphatic heterocycles. The molecular formula is C15H23N3O. The van der Waals surface area contributed by atoms with E-state index in [1.165, 1.54) is 24.8 Å². The van der Waals surface area contributed by atoms with E-state index in [0.29, 0.717) is 12.5 Å². The zero-order chi connectivity index (χ0) is 13.5. The molecule has 1 fully saturated rings. The van der Waals surface area contributed by atoms with Gasteiger partial charge in [0.1, 0.15) is 5.75 Å². The lowest BCUT2D eigenvalue weighted by molar-refractivity contribution is 0.338. The first-order valence-corrected chi connectivity index (χ1v) is 6.98. The molecule has 0 unspecified atom stereocenters. The van der Waals surface area contributed by atoms with Crippen LogP contribution >= 0.6 is 0 Å². The fourth-order valence-corrected chi connectivity index (χ4v) is 2.42. The molecule has 4 heteroatoms. The third kappa shape index (κ3) is 3.88. The van der Waals surface area contributed by atoms with E-state index in [1.54, 1.807) is 7.11 Å². The molecule has 0 aliphatic carbocycles. The van der Waals surface area contributed by atoms with Crippen molar-refractivity contribution in [2.45, 2.75) is 25.7 Å². The summed E-state index contributed by atoms with van der Waals surface area (Å²) >= 11 is 0. The number of ether oxygens (including phenoxy) is 1. The van der Waals surface area contributed by atoms with Crippen LogP contribution in [0.4, 0.5) is 0 Å². The number of piperidine rings is 1. The minimum Gasteiger partial charge on any atom is -0.496 e. The number of nitrogens with zero attached hydrogens (tertiary/aromatic N) is 2. The topological polar surface area (TPSA) is 50.9 Å². The number of benzene rings is 1. The number of hydrogen-bond acceptors (Lipinski definition) is 2. The highest BCUT2D eigenvalue weighted by atomic mass is 16.5. The van der Waals surface area contributed by atoms with Crippen LogP contribution in [0.1, 0.15) is 24.8 Å². The maximum absolute atomic E-state index is 6.03. The molecule has 2 N–H and O–H groups in total. The molecule has 4 nitrogen and oxygen atoms in total. The van der Waals surface area contributed by atoms with Gasteiger partial charge in [-0.3, -0.25) is 4.99 Å². The number of methoxy groups -OCH3 is 1. The monoisotopic (exact) mass is 261 g/mol. The molecule has 1 aromatic carbocycles. The molecule has 104 valence electrons. The summed E-state index contributed by atoms with van der Waals surface area (Å²) in [6.07, 6.45) is 4.62. The second-order valence-electron chi connectivity index (χ2n) is 4.85. The Labute approximate surface area is 115 Å². The first-order chi connectivity index (χ1) is 9.31. The van der Waals surface area contributed by atoms with Crippen LogP contribution < -0.4 is 10.5 Å². The van der Waals surface area contributed by atoms with Crippen molar-refractivity contribution in [1.82, 2.24) is 4.90 Å². The molecule has 0 aromatic heterocycles. The summed E-state index contributed by atoms with van der Waals surface area (Å²) in [4.78, 5) is 6.67. The Morgan fingerprint density at radius 2 is 2.00 bits per heavy atom. The van der Waals surface area contributed by atoms with Gasteiger partial charge < -0.3 is 15.4 Å². The second-order valence-corrected chi connectivity index (χ2v) is 4.85. The molecular weight excluding hydrogens is 238 g/mol. The van der Waals surface area contributed by atoms with Crippen molar-refractivity contribution in [3.8, 4) is 5.75 Å². The van der Waals surface area contributed by atoms with Gasteiger partial charge in [-0.2, -0.15) is 0 Å². The molecule has 1 aromatic rings.